The van der Waals surface area contributed by atoms with Crippen molar-refractivity contribution in [1.29, 1.82) is 0 Å². The van der Waals surface area contributed by atoms with E-state index in [4.69, 9.17) is 0 Å². The second-order valence-corrected chi connectivity index (χ2v) is 4.54. The molecule has 0 aliphatic rings. The van der Waals surface area contributed by atoms with Gasteiger partial charge in [0.25, 0.3) is 0 Å². The highest BCUT2D eigenvalue weighted by Gasteiger charge is 2.15. The molecule has 0 bridgehead atoms. The van der Waals surface area contributed by atoms with Crippen molar-refractivity contribution in [3.8, 4) is 0 Å². The molecular weight excluding hydrogens is 224 g/mol. The molecule has 1 aromatic heterocycles. The van der Waals surface area contributed by atoms with Crippen molar-refractivity contribution >= 4 is 0 Å². The maximum atomic E-state index is 10.4. The lowest BCUT2D eigenvalue weighted by molar-refractivity contribution is 0.209. The summed E-state index contributed by atoms with van der Waals surface area (Å²) in [6.07, 6.45) is 1.30. The Balaban J connectivity index is 2.28. The van der Waals surface area contributed by atoms with Crippen molar-refractivity contribution in [2.75, 3.05) is 0 Å². The third-order valence-corrected chi connectivity index (χ3v) is 3.31. The molecule has 96 valence electrons. The third-order valence-electron chi connectivity index (χ3n) is 3.31. The molecule has 0 fully saturated rings. The first-order valence-corrected chi connectivity index (χ1v) is 6.45. The van der Waals surface area contributed by atoms with E-state index in [1.54, 1.807) is 4.68 Å². The van der Waals surface area contributed by atoms with E-state index in [1.165, 1.54) is 5.56 Å². The van der Waals surface area contributed by atoms with Gasteiger partial charge in [0, 0.05) is 7.05 Å². The van der Waals surface area contributed by atoms with Gasteiger partial charge in [0.15, 0.2) is 0 Å². The van der Waals surface area contributed by atoms with Gasteiger partial charge in [0.05, 0.1) is 11.4 Å². The molecule has 1 atom stereocenters. The summed E-state index contributed by atoms with van der Waals surface area (Å²) in [4.78, 5) is 0. The molecule has 3 heteroatoms. The molecule has 1 aromatic carbocycles. The average Bonchev–Trinajstić information content (AvgIpc) is 2.79. The minimum Gasteiger partial charge on any atom is -0.382 e. The smallest absolute Gasteiger partial charge is 0.121 e. The molecular formula is C15H20N2O. The minimum atomic E-state index is -0.603. The van der Waals surface area contributed by atoms with Crippen LogP contribution in [0.4, 0.5) is 0 Å². The fourth-order valence-electron chi connectivity index (χ4n) is 2.08. The number of hydrogen-bond donors (Lipinski definition) is 1. The number of aryl methyl sites for hydroxylation is 3. The number of rotatable bonds is 4. The molecule has 0 aliphatic carbocycles. The number of hydrogen-bond acceptors (Lipinski definition) is 2. The first-order valence-electron chi connectivity index (χ1n) is 6.45. The minimum absolute atomic E-state index is 0.603. The molecule has 3 nitrogen and oxygen atoms in total. The lowest BCUT2D eigenvalue weighted by Crippen LogP contribution is -2.06. The number of nitrogens with zero attached hydrogens (tertiary/aromatic N) is 2. The van der Waals surface area contributed by atoms with Crippen molar-refractivity contribution in [3.05, 3.63) is 52.8 Å². The standard InChI is InChI=1S/C15H20N2O/c1-4-11-6-8-12(9-7-11)15(18)14-10-13(5-2)16-17(14)3/h6-10,15,18H,4-5H2,1-3H3. The third kappa shape index (κ3) is 2.46. The van der Waals surface area contributed by atoms with Crippen LogP contribution >= 0.6 is 0 Å². The molecule has 0 saturated heterocycles. The van der Waals surface area contributed by atoms with Crippen LogP contribution in [0.1, 0.15) is 42.5 Å². The van der Waals surface area contributed by atoms with Crippen LogP contribution in [-0.4, -0.2) is 14.9 Å². The zero-order valence-electron chi connectivity index (χ0n) is 11.2. The first-order chi connectivity index (χ1) is 8.65. The largest absolute Gasteiger partial charge is 0.382 e. The van der Waals surface area contributed by atoms with Crippen LogP contribution in [0.3, 0.4) is 0 Å². The number of aliphatic hydroxyl groups is 1. The van der Waals surface area contributed by atoms with Crippen molar-refractivity contribution in [1.82, 2.24) is 9.78 Å². The molecule has 0 amide bonds. The number of benzene rings is 1. The monoisotopic (exact) mass is 244 g/mol. The van der Waals surface area contributed by atoms with Crippen molar-refractivity contribution < 1.29 is 5.11 Å². The molecule has 0 radical (unpaired) electrons. The van der Waals surface area contributed by atoms with Gasteiger partial charge in [-0.25, -0.2) is 0 Å². The Kier molecular flexibility index (Phi) is 3.82. The van der Waals surface area contributed by atoms with E-state index in [9.17, 15) is 5.11 Å². The summed E-state index contributed by atoms with van der Waals surface area (Å²) in [5.74, 6) is 0. The zero-order valence-corrected chi connectivity index (χ0v) is 11.2. The highest BCUT2D eigenvalue weighted by molar-refractivity contribution is 5.30. The predicted octanol–water partition coefficient (Wildman–Crippen LogP) is 2.63. The quantitative estimate of drug-likeness (QED) is 0.897. The zero-order chi connectivity index (χ0) is 13.1. The maximum Gasteiger partial charge on any atom is 0.121 e. The van der Waals surface area contributed by atoms with Gasteiger partial charge in [0.1, 0.15) is 6.10 Å². The van der Waals surface area contributed by atoms with E-state index in [-0.39, 0.29) is 0 Å². The van der Waals surface area contributed by atoms with Crippen LogP contribution in [0.2, 0.25) is 0 Å². The van der Waals surface area contributed by atoms with Gasteiger partial charge in [-0.2, -0.15) is 5.10 Å². The van der Waals surface area contributed by atoms with E-state index in [0.29, 0.717) is 0 Å². The normalized spacial score (nSPS) is 12.7. The van der Waals surface area contributed by atoms with Crippen LogP contribution in [0.15, 0.2) is 30.3 Å². The molecule has 1 unspecified atom stereocenters. The summed E-state index contributed by atoms with van der Waals surface area (Å²) in [6.45, 7) is 4.19. The SMILES string of the molecule is CCc1ccc(C(O)c2cc(CC)nn2C)cc1. The van der Waals surface area contributed by atoms with Gasteiger partial charge in [-0.3, -0.25) is 4.68 Å². The van der Waals surface area contributed by atoms with Gasteiger partial charge in [-0.1, -0.05) is 38.1 Å². The average molecular weight is 244 g/mol. The molecule has 0 saturated carbocycles. The van der Waals surface area contributed by atoms with E-state index in [2.05, 4.69) is 31.1 Å². The molecule has 18 heavy (non-hydrogen) atoms. The van der Waals surface area contributed by atoms with Crippen molar-refractivity contribution in [3.63, 3.8) is 0 Å². The lowest BCUT2D eigenvalue weighted by atomic mass is 10.0. The van der Waals surface area contributed by atoms with Crippen LogP contribution in [0.25, 0.3) is 0 Å². The Bertz CT molecular complexity index is 514. The first kappa shape index (κ1) is 12.8. The molecule has 2 aromatic rings. The second kappa shape index (κ2) is 5.36. The van der Waals surface area contributed by atoms with E-state index in [0.717, 1.165) is 29.8 Å². The van der Waals surface area contributed by atoms with Crippen LogP contribution < -0.4 is 0 Å². The lowest BCUT2D eigenvalue weighted by Gasteiger charge is -2.11. The van der Waals surface area contributed by atoms with E-state index in [1.807, 2.05) is 25.2 Å². The Morgan fingerprint density at radius 1 is 1.17 bits per heavy atom. The molecule has 2 rings (SSSR count). The molecule has 1 heterocycles. The predicted molar refractivity (Wildman–Crippen MR) is 72.5 cm³/mol. The summed E-state index contributed by atoms with van der Waals surface area (Å²) in [5.41, 5.74) is 4.05. The summed E-state index contributed by atoms with van der Waals surface area (Å²) >= 11 is 0. The maximum absolute atomic E-state index is 10.4. The summed E-state index contributed by atoms with van der Waals surface area (Å²) in [6, 6.07) is 10.1. The van der Waals surface area contributed by atoms with Gasteiger partial charge < -0.3 is 5.11 Å². The van der Waals surface area contributed by atoms with Crippen LogP contribution in [0.5, 0.6) is 0 Å². The van der Waals surface area contributed by atoms with Gasteiger partial charge in [-0.15, -0.1) is 0 Å². The summed E-state index contributed by atoms with van der Waals surface area (Å²) < 4.78 is 1.76. The van der Waals surface area contributed by atoms with Crippen molar-refractivity contribution in [2.24, 2.45) is 7.05 Å². The summed E-state index contributed by atoms with van der Waals surface area (Å²) in [7, 11) is 1.87. The number of aliphatic hydroxyl groups excluding tert-OH is 1. The Hall–Kier alpha value is -1.61. The van der Waals surface area contributed by atoms with E-state index < -0.39 is 6.10 Å². The van der Waals surface area contributed by atoms with Crippen LogP contribution in [-0.2, 0) is 19.9 Å². The topological polar surface area (TPSA) is 38.1 Å². The number of aromatic nitrogens is 2. The van der Waals surface area contributed by atoms with Gasteiger partial charge in [0.2, 0.25) is 0 Å². The fraction of sp³-hybridized carbons (Fsp3) is 0.400. The van der Waals surface area contributed by atoms with Crippen LogP contribution in [0, 0.1) is 0 Å². The second-order valence-electron chi connectivity index (χ2n) is 4.54. The Morgan fingerprint density at radius 3 is 2.33 bits per heavy atom. The Labute approximate surface area is 108 Å². The van der Waals surface area contributed by atoms with Gasteiger partial charge >= 0.3 is 0 Å². The van der Waals surface area contributed by atoms with Crippen molar-refractivity contribution in [2.45, 2.75) is 32.8 Å². The summed E-state index contributed by atoms with van der Waals surface area (Å²) in [5, 5.41) is 14.8. The molecule has 0 aliphatic heterocycles. The van der Waals surface area contributed by atoms with E-state index >= 15 is 0 Å². The highest BCUT2D eigenvalue weighted by Crippen LogP contribution is 2.22. The highest BCUT2D eigenvalue weighted by atomic mass is 16.3. The Morgan fingerprint density at radius 2 is 1.83 bits per heavy atom. The molecule has 1 N–H and O–H groups in total. The van der Waals surface area contributed by atoms with Gasteiger partial charge in [-0.05, 0) is 30.0 Å². The molecule has 0 spiro atoms. The fourth-order valence-corrected chi connectivity index (χ4v) is 2.08.